The van der Waals surface area contributed by atoms with E-state index in [1.807, 2.05) is 31.2 Å². The number of anilines is 1. The van der Waals surface area contributed by atoms with Gasteiger partial charge >= 0.3 is 0 Å². The summed E-state index contributed by atoms with van der Waals surface area (Å²) in [6.07, 6.45) is 3.77. The monoisotopic (exact) mass is 291 g/mol. The number of amides is 1. The quantitative estimate of drug-likeness (QED) is 0.901. The highest BCUT2D eigenvalue weighted by molar-refractivity contribution is 5.97. The summed E-state index contributed by atoms with van der Waals surface area (Å²) in [6, 6.07) is 7.45. The van der Waals surface area contributed by atoms with Crippen LogP contribution < -0.4 is 10.1 Å². The lowest BCUT2D eigenvalue weighted by atomic mass is 9.78. The minimum atomic E-state index is -0.684. The lowest BCUT2D eigenvalue weighted by molar-refractivity contribution is -0.143. The smallest absolute Gasteiger partial charge is 0.256 e. The summed E-state index contributed by atoms with van der Waals surface area (Å²) in [7, 11) is 1.63. The van der Waals surface area contributed by atoms with Crippen LogP contribution in [0.2, 0.25) is 0 Å². The number of ether oxygens (including phenoxy) is 2. The molecule has 0 aromatic heterocycles. The van der Waals surface area contributed by atoms with Gasteiger partial charge in [0, 0.05) is 12.8 Å². The fourth-order valence-corrected chi connectivity index (χ4v) is 3.03. The highest BCUT2D eigenvalue weighted by Crippen LogP contribution is 2.35. The molecule has 1 amide bonds. The Kier molecular flexibility index (Phi) is 5.23. The second-order valence-electron chi connectivity index (χ2n) is 5.81. The molecule has 0 saturated heterocycles. The third-order valence-electron chi connectivity index (χ3n) is 4.18. The van der Waals surface area contributed by atoms with Crippen molar-refractivity contribution in [3.8, 4) is 5.75 Å². The van der Waals surface area contributed by atoms with Crippen molar-refractivity contribution >= 4 is 11.6 Å². The molecule has 1 aromatic carbocycles. The maximum Gasteiger partial charge on any atom is 0.256 e. The van der Waals surface area contributed by atoms with Crippen molar-refractivity contribution in [2.24, 2.45) is 5.92 Å². The second kappa shape index (κ2) is 6.94. The van der Waals surface area contributed by atoms with Gasteiger partial charge in [-0.1, -0.05) is 13.3 Å². The van der Waals surface area contributed by atoms with Gasteiger partial charge in [-0.15, -0.1) is 0 Å². The van der Waals surface area contributed by atoms with Crippen LogP contribution in [0.5, 0.6) is 5.75 Å². The van der Waals surface area contributed by atoms with Crippen molar-refractivity contribution in [3.63, 3.8) is 0 Å². The van der Waals surface area contributed by atoms with Crippen molar-refractivity contribution in [3.05, 3.63) is 24.3 Å². The highest BCUT2D eigenvalue weighted by Gasteiger charge is 2.41. The normalized spacial score (nSPS) is 25.4. The Bertz CT molecular complexity index is 471. The van der Waals surface area contributed by atoms with Gasteiger partial charge in [-0.3, -0.25) is 4.79 Å². The molecule has 21 heavy (non-hydrogen) atoms. The first-order valence-electron chi connectivity index (χ1n) is 7.69. The van der Waals surface area contributed by atoms with Crippen LogP contribution in [0.15, 0.2) is 24.3 Å². The molecular formula is C17H25NO3. The Morgan fingerprint density at radius 3 is 2.67 bits per heavy atom. The Balaban J connectivity index is 2.05. The van der Waals surface area contributed by atoms with Gasteiger partial charge in [0.05, 0.1) is 6.61 Å². The number of benzene rings is 1. The predicted molar refractivity (Wildman–Crippen MR) is 83.6 cm³/mol. The molecule has 1 fully saturated rings. The molecule has 2 atom stereocenters. The van der Waals surface area contributed by atoms with Gasteiger partial charge in [0.25, 0.3) is 5.91 Å². The maximum atomic E-state index is 12.6. The summed E-state index contributed by atoms with van der Waals surface area (Å²) < 4.78 is 11.0. The molecule has 0 spiro atoms. The zero-order valence-electron chi connectivity index (χ0n) is 13.1. The third-order valence-corrected chi connectivity index (χ3v) is 4.18. The molecule has 4 nitrogen and oxygen atoms in total. The molecule has 1 aromatic rings. The first-order valence-corrected chi connectivity index (χ1v) is 7.69. The molecule has 0 bridgehead atoms. The number of carbonyl (C=O) groups is 1. The van der Waals surface area contributed by atoms with Crippen LogP contribution in [0.4, 0.5) is 5.69 Å². The molecule has 116 valence electrons. The molecule has 1 saturated carbocycles. The van der Waals surface area contributed by atoms with Gasteiger partial charge in [0.2, 0.25) is 0 Å². The zero-order valence-corrected chi connectivity index (χ0v) is 13.1. The molecule has 0 heterocycles. The molecule has 4 heteroatoms. The summed E-state index contributed by atoms with van der Waals surface area (Å²) in [6.45, 7) is 4.76. The van der Waals surface area contributed by atoms with Crippen molar-refractivity contribution in [1.82, 2.24) is 0 Å². The predicted octanol–water partition coefficient (Wildman–Crippen LogP) is 3.62. The van der Waals surface area contributed by atoms with E-state index in [0.717, 1.165) is 30.7 Å². The van der Waals surface area contributed by atoms with Gasteiger partial charge in [0.1, 0.15) is 11.4 Å². The average Bonchev–Trinajstić information content (AvgIpc) is 2.49. The van der Waals surface area contributed by atoms with Crippen molar-refractivity contribution in [2.75, 3.05) is 19.0 Å². The average molecular weight is 291 g/mol. The summed E-state index contributed by atoms with van der Waals surface area (Å²) >= 11 is 0. The number of methoxy groups -OCH3 is 1. The van der Waals surface area contributed by atoms with Crippen molar-refractivity contribution in [1.29, 1.82) is 0 Å². The largest absolute Gasteiger partial charge is 0.494 e. The number of hydrogen-bond acceptors (Lipinski definition) is 3. The van der Waals surface area contributed by atoms with E-state index in [1.54, 1.807) is 7.11 Å². The maximum absolute atomic E-state index is 12.6. The molecule has 0 radical (unpaired) electrons. The first kappa shape index (κ1) is 15.8. The van der Waals surface area contributed by atoms with Crippen molar-refractivity contribution < 1.29 is 14.3 Å². The van der Waals surface area contributed by atoms with Gasteiger partial charge < -0.3 is 14.8 Å². The van der Waals surface area contributed by atoms with E-state index in [0.29, 0.717) is 12.5 Å². The van der Waals surface area contributed by atoms with E-state index in [9.17, 15) is 4.79 Å². The second-order valence-corrected chi connectivity index (χ2v) is 5.81. The number of hydrogen-bond donors (Lipinski definition) is 1. The number of nitrogens with one attached hydrogen (secondary N) is 1. The molecule has 1 N–H and O–H groups in total. The molecule has 0 aliphatic heterocycles. The van der Waals surface area contributed by atoms with Crippen LogP contribution in [0.1, 0.15) is 39.5 Å². The van der Waals surface area contributed by atoms with E-state index in [2.05, 4.69) is 12.2 Å². The molecule has 1 aliphatic rings. The Morgan fingerprint density at radius 1 is 1.38 bits per heavy atom. The van der Waals surface area contributed by atoms with E-state index >= 15 is 0 Å². The minimum Gasteiger partial charge on any atom is -0.494 e. The van der Waals surface area contributed by atoms with Crippen LogP contribution in [-0.2, 0) is 9.53 Å². The number of rotatable bonds is 5. The molecular weight excluding hydrogens is 266 g/mol. The third kappa shape index (κ3) is 3.76. The SMILES string of the molecule is CCOc1ccc(NC(=O)C2(OC)CCCC(C)C2)cc1. The van der Waals surface area contributed by atoms with Crippen LogP contribution >= 0.6 is 0 Å². The van der Waals surface area contributed by atoms with E-state index in [1.165, 1.54) is 6.42 Å². The van der Waals surface area contributed by atoms with Crippen LogP contribution in [0.3, 0.4) is 0 Å². The molecule has 2 unspecified atom stereocenters. The first-order chi connectivity index (χ1) is 10.1. The fraction of sp³-hybridized carbons (Fsp3) is 0.588. The van der Waals surface area contributed by atoms with Gasteiger partial charge in [-0.05, 0) is 56.4 Å². The van der Waals surface area contributed by atoms with Gasteiger partial charge in [-0.25, -0.2) is 0 Å². The lowest BCUT2D eigenvalue weighted by Crippen LogP contribution is -2.47. The molecule has 1 aliphatic carbocycles. The Labute approximate surface area is 126 Å². The standard InChI is InChI=1S/C17H25NO3/c1-4-21-15-9-7-14(8-10-15)18-16(19)17(20-3)11-5-6-13(2)12-17/h7-10,13H,4-6,11-12H2,1-3H3,(H,18,19). The minimum absolute atomic E-state index is 0.0410. The van der Waals surface area contributed by atoms with Gasteiger partial charge in [0.15, 0.2) is 0 Å². The van der Waals surface area contributed by atoms with Crippen LogP contribution in [-0.4, -0.2) is 25.2 Å². The van der Waals surface area contributed by atoms with E-state index < -0.39 is 5.60 Å². The Morgan fingerprint density at radius 2 is 2.10 bits per heavy atom. The Hall–Kier alpha value is -1.55. The summed E-state index contributed by atoms with van der Waals surface area (Å²) in [5, 5.41) is 2.97. The lowest BCUT2D eigenvalue weighted by Gasteiger charge is -2.37. The summed E-state index contributed by atoms with van der Waals surface area (Å²) in [5.74, 6) is 1.29. The topological polar surface area (TPSA) is 47.6 Å². The summed E-state index contributed by atoms with van der Waals surface area (Å²) in [4.78, 5) is 12.6. The van der Waals surface area contributed by atoms with E-state index in [4.69, 9.17) is 9.47 Å². The van der Waals surface area contributed by atoms with Crippen LogP contribution in [0, 0.1) is 5.92 Å². The summed E-state index contributed by atoms with van der Waals surface area (Å²) in [5.41, 5.74) is 0.0918. The molecule has 2 rings (SSSR count). The zero-order chi connectivity index (χ0) is 15.3. The van der Waals surface area contributed by atoms with Gasteiger partial charge in [-0.2, -0.15) is 0 Å². The highest BCUT2D eigenvalue weighted by atomic mass is 16.5. The van der Waals surface area contributed by atoms with Crippen LogP contribution in [0.25, 0.3) is 0 Å². The van der Waals surface area contributed by atoms with Crippen molar-refractivity contribution in [2.45, 2.75) is 45.1 Å². The van der Waals surface area contributed by atoms with E-state index in [-0.39, 0.29) is 5.91 Å². The fourth-order valence-electron chi connectivity index (χ4n) is 3.03. The number of carbonyl (C=O) groups excluding carboxylic acids is 1.